The van der Waals surface area contributed by atoms with Gasteiger partial charge in [-0.25, -0.2) is 0 Å². The quantitative estimate of drug-likeness (QED) is 0.799. The lowest BCUT2D eigenvalue weighted by Crippen LogP contribution is -2.19. The Hall–Kier alpha value is -1.93. The molecule has 1 aromatic heterocycles. The van der Waals surface area contributed by atoms with E-state index in [0.29, 0.717) is 11.4 Å². The maximum absolute atomic E-state index is 9.41. The van der Waals surface area contributed by atoms with Gasteiger partial charge in [0.05, 0.1) is 5.69 Å². The molecule has 1 aromatic rings. The lowest BCUT2D eigenvalue weighted by atomic mass is 10.0. The Labute approximate surface area is 119 Å². The molecule has 5 nitrogen and oxygen atoms in total. The Kier molecular flexibility index (Phi) is 4.70. The molecule has 20 heavy (non-hydrogen) atoms. The zero-order valence-corrected chi connectivity index (χ0v) is 11.9. The molecule has 0 saturated heterocycles. The highest BCUT2D eigenvalue weighted by Gasteiger charge is 2.21. The number of aliphatic hydroxyl groups excluding tert-OH is 1. The highest BCUT2D eigenvalue weighted by atomic mass is 16.3. The second-order valence-corrected chi connectivity index (χ2v) is 4.98. The molecule has 0 fully saturated rings. The topological polar surface area (TPSA) is 81.8 Å². The first-order valence-electron chi connectivity index (χ1n) is 7.07. The fraction of sp³-hybridized carbons (Fsp3) is 0.533. The maximum atomic E-state index is 9.41. The van der Waals surface area contributed by atoms with Crippen LogP contribution in [0.4, 0.5) is 5.82 Å². The van der Waals surface area contributed by atoms with Gasteiger partial charge in [0.2, 0.25) is 0 Å². The van der Waals surface area contributed by atoms with E-state index in [0.717, 1.165) is 30.5 Å². The molecule has 2 atom stereocenters. The number of hydrogen-bond acceptors (Lipinski definition) is 5. The van der Waals surface area contributed by atoms with Crippen LogP contribution in [0.15, 0.2) is 12.2 Å². The van der Waals surface area contributed by atoms with E-state index in [1.807, 2.05) is 26.0 Å². The summed E-state index contributed by atoms with van der Waals surface area (Å²) in [5.41, 5.74) is 2.47. The summed E-state index contributed by atoms with van der Waals surface area (Å²) in [6.07, 6.45) is 6.39. The number of aromatic nitrogens is 2. The molecule has 2 rings (SSSR count). The van der Waals surface area contributed by atoms with Crippen molar-refractivity contribution in [2.75, 3.05) is 11.9 Å². The third-order valence-electron chi connectivity index (χ3n) is 3.69. The average molecular weight is 272 g/mol. The first-order chi connectivity index (χ1) is 9.73. The SMILES string of the molecule is CCc1nnc(N[C@@H]2C=C[C@H](CO)C2)c(C#N)c1CC. The summed E-state index contributed by atoms with van der Waals surface area (Å²) in [5, 5.41) is 30.2. The molecular weight excluding hydrogens is 252 g/mol. The van der Waals surface area contributed by atoms with Crippen molar-refractivity contribution in [1.82, 2.24) is 10.2 Å². The van der Waals surface area contributed by atoms with Crippen molar-refractivity contribution in [2.45, 2.75) is 39.2 Å². The molecule has 1 aliphatic carbocycles. The highest BCUT2D eigenvalue weighted by molar-refractivity contribution is 5.57. The average Bonchev–Trinajstić information content (AvgIpc) is 2.94. The van der Waals surface area contributed by atoms with Gasteiger partial charge in [0, 0.05) is 18.6 Å². The van der Waals surface area contributed by atoms with E-state index >= 15 is 0 Å². The van der Waals surface area contributed by atoms with Gasteiger partial charge in [-0.05, 0) is 24.8 Å². The molecule has 0 unspecified atom stereocenters. The van der Waals surface area contributed by atoms with Crippen molar-refractivity contribution in [3.8, 4) is 6.07 Å². The molecule has 1 heterocycles. The molecule has 0 saturated carbocycles. The highest BCUT2D eigenvalue weighted by Crippen LogP contribution is 2.24. The Morgan fingerprint density at radius 3 is 2.70 bits per heavy atom. The van der Waals surface area contributed by atoms with Crippen molar-refractivity contribution >= 4 is 5.82 Å². The Morgan fingerprint density at radius 2 is 2.15 bits per heavy atom. The van der Waals surface area contributed by atoms with Gasteiger partial charge in [0.1, 0.15) is 11.6 Å². The second kappa shape index (κ2) is 6.49. The minimum absolute atomic E-state index is 0.103. The summed E-state index contributed by atoms with van der Waals surface area (Å²) >= 11 is 0. The third-order valence-corrected chi connectivity index (χ3v) is 3.69. The molecule has 0 amide bonds. The largest absolute Gasteiger partial charge is 0.396 e. The number of rotatable bonds is 5. The molecule has 106 valence electrons. The molecule has 5 heteroatoms. The monoisotopic (exact) mass is 272 g/mol. The van der Waals surface area contributed by atoms with Crippen molar-refractivity contribution in [2.24, 2.45) is 5.92 Å². The molecule has 0 bridgehead atoms. The number of nitrogens with one attached hydrogen (secondary N) is 1. The van der Waals surface area contributed by atoms with Gasteiger partial charge in [-0.1, -0.05) is 26.0 Å². The molecular formula is C15H20N4O. The fourth-order valence-corrected chi connectivity index (χ4v) is 2.59. The van der Waals surface area contributed by atoms with Crippen LogP contribution in [0.5, 0.6) is 0 Å². The van der Waals surface area contributed by atoms with Gasteiger partial charge in [-0.15, -0.1) is 5.10 Å². The Bertz CT molecular complexity index is 548. The Balaban J connectivity index is 2.25. The lowest BCUT2D eigenvalue weighted by Gasteiger charge is -2.16. The van der Waals surface area contributed by atoms with Crippen LogP contribution in [0, 0.1) is 17.2 Å². The van der Waals surface area contributed by atoms with Crippen LogP contribution < -0.4 is 5.32 Å². The number of nitrogens with zero attached hydrogens (tertiary/aromatic N) is 3. The van der Waals surface area contributed by atoms with Gasteiger partial charge >= 0.3 is 0 Å². The summed E-state index contributed by atoms with van der Waals surface area (Å²) in [6, 6.07) is 2.35. The first kappa shape index (κ1) is 14.5. The second-order valence-electron chi connectivity index (χ2n) is 4.98. The van der Waals surface area contributed by atoms with E-state index < -0.39 is 0 Å². The summed E-state index contributed by atoms with van der Waals surface area (Å²) in [5.74, 6) is 0.737. The van der Waals surface area contributed by atoms with E-state index in [-0.39, 0.29) is 18.6 Å². The third kappa shape index (κ3) is 2.81. The van der Waals surface area contributed by atoms with Gasteiger partial charge in [0.25, 0.3) is 0 Å². The van der Waals surface area contributed by atoms with Crippen LogP contribution in [0.1, 0.15) is 37.1 Å². The summed E-state index contributed by atoms with van der Waals surface area (Å²) in [6.45, 7) is 4.20. The fourth-order valence-electron chi connectivity index (χ4n) is 2.59. The minimum atomic E-state index is 0.103. The van der Waals surface area contributed by atoms with E-state index in [1.165, 1.54) is 0 Å². The van der Waals surface area contributed by atoms with E-state index in [2.05, 4.69) is 21.6 Å². The summed E-state index contributed by atoms with van der Waals surface area (Å²) in [7, 11) is 0. The van der Waals surface area contributed by atoms with Crippen LogP contribution in [-0.2, 0) is 12.8 Å². The molecule has 0 aliphatic heterocycles. The molecule has 0 radical (unpaired) electrons. The predicted molar refractivity (Wildman–Crippen MR) is 77.2 cm³/mol. The van der Waals surface area contributed by atoms with E-state index in [1.54, 1.807) is 0 Å². The number of aliphatic hydroxyl groups is 1. The predicted octanol–water partition coefficient (Wildman–Crippen LogP) is 1.82. The smallest absolute Gasteiger partial charge is 0.167 e. The van der Waals surface area contributed by atoms with Gasteiger partial charge in [0.15, 0.2) is 5.82 Å². The van der Waals surface area contributed by atoms with Crippen molar-refractivity contribution < 1.29 is 5.11 Å². The summed E-state index contributed by atoms with van der Waals surface area (Å²) < 4.78 is 0. The van der Waals surface area contributed by atoms with Crippen LogP contribution >= 0.6 is 0 Å². The van der Waals surface area contributed by atoms with Crippen LogP contribution in [0.3, 0.4) is 0 Å². The normalized spacial score (nSPS) is 20.9. The number of aryl methyl sites for hydroxylation is 1. The molecule has 0 aromatic carbocycles. The zero-order valence-electron chi connectivity index (χ0n) is 11.9. The first-order valence-corrected chi connectivity index (χ1v) is 7.07. The van der Waals surface area contributed by atoms with Crippen molar-refractivity contribution in [3.05, 3.63) is 29.0 Å². The standard InChI is InChI=1S/C15H20N4O/c1-3-12-13(8-16)15(19-18-14(12)4-2)17-11-6-5-10(7-11)9-20/h5-6,10-11,20H,3-4,7,9H2,1-2H3,(H,17,19)/t10-,11+/m0/s1. The number of nitriles is 1. The molecule has 2 N–H and O–H groups in total. The van der Waals surface area contributed by atoms with Gasteiger partial charge in [-0.2, -0.15) is 10.4 Å². The van der Waals surface area contributed by atoms with Gasteiger partial charge in [-0.3, -0.25) is 0 Å². The lowest BCUT2D eigenvalue weighted by molar-refractivity contribution is 0.250. The zero-order chi connectivity index (χ0) is 14.5. The van der Waals surface area contributed by atoms with Crippen molar-refractivity contribution in [3.63, 3.8) is 0 Å². The van der Waals surface area contributed by atoms with E-state index in [9.17, 15) is 5.26 Å². The minimum Gasteiger partial charge on any atom is -0.396 e. The van der Waals surface area contributed by atoms with Crippen LogP contribution in [0.25, 0.3) is 0 Å². The molecule has 1 aliphatic rings. The maximum Gasteiger partial charge on any atom is 0.167 e. The van der Waals surface area contributed by atoms with Crippen LogP contribution in [0.2, 0.25) is 0 Å². The van der Waals surface area contributed by atoms with E-state index in [4.69, 9.17) is 5.11 Å². The van der Waals surface area contributed by atoms with Gasteiger partial charge < -0.3 is 10.4 Å². The number of hydrogen-bond donors (Lipinski definition) is 2. The molecule has 0 spiro atoms. The number of anilines is 1. The van der Waals surface area contributed by atoms with Crippen LogP contribution in [-0.4, -0.2) is 28.0 Å². The van der Waals surface area contributed by atoms with Crippen molar-refractivity contribution in [1.29, 1.82) is 5.26 Å². The summed E-state index contributed by atoms with van der Waals surface area (Å²) in [4.78, 5) is 0. The Morgan fingerprint density at radius 1 is 1.35 bits per heavy atom.